The Kier molecular flexibility index (Phi) is 6.08. The van der Waals surface area contributed by atoms with Crippen molar-refractivity contribution in [2.24, 2.45) is 5.41 Å². The maximum Gasteiger partial charge on any atom is 0.337 e. The smallest absolute Gasteiger partial charge is 0.337 e. The summed E-state index contributed by atoms with van der Waals surface area (Å²) in [7, 11) is 1.30. The van der Waals surface area contributed by atoms with E-state index in [0.717, 1.165) is 19.6 Å². The normalized spacial score (nSPS) is 18.4. The molecule has 2 amide bonds. The lowest BCUT2D eigenvalue weighted by Crippen LogP contribution is -2.45. The average Bonchev–Trinajstić information content (AvgIpc) is 3.50. The van der Waals surface area contributed by atoms with Crippen molar-refractivity contribution >= 4 is 23.5 Å². The minimum absolute atomic E-state index is 0.239. The lowest BCUT2D eigenvalue weighted by molar-refractivity contribution is -0.134. The number of morpholine rings is 1. The number of methoxy groups -OCH3 is 1. The fraction of sp³-hybridized carbons (Fsp3) is 0.526. The Balaban J connectivity index is 1.52. The van der Waals surface area contributed by atoms with Crippen LogP contribution in [0.15, 0.2) is 24.3 Å². The molecule has 0 radical (unpaired) electrons. The predicted molar refractivity (Wildman–Crippen MR) is 98.3 cm³/mol. The quantitative estimate of drug-likeness (QED) is 0.536. The largest absolute Gasteiger partial charge is 0.465 e. The van der Waals surface area contributed by atoms with Gasteiger partial charge in [-0.15, -0.1) is 0 Å². The number of benzene rings is 1. The third-order valence-corrected chi connectivity index (χ3v) is 4.98. The van der Waals surface area contributed by atoms with E-state index < -0.39 is 11.4 Å². The summed E-state index contributed by atoms with van der Waals surface area (Å²) < 4.78 is 9.98. The number of amides is 2. The highest BCUT2D eigenvalue weighted by molar-refractivity contribution is 6.13. The van der Waals surface area contributed by atoms with Gasteiger partial charge in [0.05, 0.1) is 25.9 Å². The molecule has 0 atom stereocenters. The molecule has 2 aliphatic rings. The van der Waals surface area contributed by atoms with E-state index in [0.29, 0.717) is 43.9 Å². The summed E-state index contributed by atoms with van der Waals surface area (Å²) in [5.74, 6) is -1.06. The highest BCUT2D eigenvalue weighted by Gasteiger charge is 2.56. The summed E-state index contributed by atoms with van der Waals surface area (Å²) in [5.41, 5.74) is -0.197. The molecule has 2 N–H and O–H groups in total. The molecule has 1 saturated heterocycles. The Hall–Kier alpha value is -2.45. The van der Waals surface area contributed by atoms with Gasteiger partial charge in [0.15, 0.2) is 0 Å². The third-order valence-electron chi connectivity index (χ3n) is 4.98. The van der Waals surface area contributed by atoms with Gasteiger partial charge in [-0.1, -0.05) is 6.07 Å². The van der Waals surface area contributed by atoms with Crippen molar-refractivity contribution < 1.29 is 23.9 Å². The van der Waals surface area contributed by atoms with Gasteiger partial charge in [-0.3, -0.25) is 14.5 Å². The number of rotatable bonds is 7. The van der Waals surface area contributed by atoms with Crippen LogP contribution in [0.1, 0.15) is 23.2 Å². The van der Waals surface area contributed by atoms with Gasteiger partial charge < -0.3 is 20.1 Å². The third kappa shape index (κ3) is 4.64. The molecule has 0 aromatic heterocycles. The number of esters is 1. The van der Waals surface area contributed by atoms with E-state index in [4.69, 9.17) is 4.74 Å². The molecule has 0 spiro atoms. The first-order valence-electron chi connectivity index (χ1n) is 9.13. The second-order valence-electron chi connectivity index (χ2n) is 6.82. The zero-order chi connectivity index (χ0) is 19.3. The van der Waals surface area contributed by atoms with Crippen molar-refractivity contribution in [1.82, 2.24) is 10.2 Å². The minimum atomic E-state index is -1.01. The first kappa shape index (κ1) is 19.3. The summed E-state index contributed by atoms with van der Waals surface area (Å²) >= 11 is 0. The van der Waals surface area contributed by atoms with Crippen LogP contribution in [0.5, 0.6) is 0 Å². The first-order chi connectivity index (χ1) is 13.0. The SMILES string of the molecule is COC(=O)c1cccc(NC(=O)C2(C(=O)NCCN3CCOCC3)CC2)c1. The average molecular weight is 375 g/mol. The van der Waals surface area contributed by atoms with E-state index in [9.17, 15) is 14.4 Å². The molecule has 1 aliphatic heterocycles. The Labute approximate surface area is 158 Å². The summed E-state index contributed by atoms with van der Waals surface area (Å²) in [6.07, 6.45) is 1.05. The predicted octanol–water partition coefficient (Wildman–Crippen LogP) is 0.640. The maximum absolute atomic E-state index is 12.6. The first-order valence-corrected chi connectivity index (χ1v) is 9.13. The Morgan fingerprint density at radius 1 is 1.19 bits per heavy atom. The maximum atomic E-state index is 12.6. The van der Waals surface area contributed by atoms with Crippen molar-refractivity contribution in [2.75, 3.05) is 51.8 Å². The van der Waals surface area contributed by atoms with Gasteiger partial charge in [0.25, 0.3) is 0 Å². The second kappa shape index (κ2) is 8.49. The van der Waals surface area contributed by atoms with Crippen LogP contribution in [0, 0.1) is 5.41 Å². The van der Waals surface area contributed by atoms with Gasteiger partial charge in [-0.2, -0.15) is 0 Å². The summed E-state index contributed by atoms with van der Waals surface area (Å²) in [4.78, 5) is 39.0. The van der Waals surface area contributed by atoms with E-state index in [1.165, 1.54) is 13.2 Å². The van der Waals surface area contributed by atoms with Crippen molar-refractivity contribution in [1.29, 1.82) is 0 Å². The second-order valence-corrected chi connectivity index (χ2v) is 6.82. The fourth-order valence-corrected chi connectivity index (χ4v) is 3.10. The lowest BCUT2D eigenvalue weighted by Gasteiger charge is -2.26. The number of hydrogen-bond donors (Lipinski definition) is 2. The summed E-state index contributed by atoms with van der Waals surface area (Å²) in [6.45, 7) is 4.39. The number of nitrogens with one attached hydrogen (secondary N) is 2. The molecule has 1 heterocycles. The number of anilines is 1. The molecular formula is C19H25N3O5. The van der Waals surface area contributed by atoms with E-state index in [1.54, 1.807) is 18.2 Å². The molecule has 8 nitrogen and oxygen atoms in total. The molecule has 8 heteroatoms. The highest BCUT2D eigenvalue weighted by atomic mass is 16.5. The molecule has 1 aromatic carbocycles. The van der Waals surface area contributed by atoms with Gasteiger partial charge in [0.1, 0.15) is 5.41 Å². The summed E-state index contributed by atoms with van der Waals surface area (Å²) in [6, 6.07) is 6.48. The lowest BCUT2D eigenvalue weighted by atomic mass is 10.0. The van der Waals surface area contributed by atoms with Crippen LogP contribution in [-0.4, -0.2) is 69.2 Å². The van der Waals surface area contributed by atoms with Crippen LogP contribution < -0.4 is 10.6 Å². The molecule has 27 heavy (non-hydrogen) atoms. The van der Waals surface area contributed by atoms with Gasteiger partial charge in [0.2, 0.25) is 11.8 Å². The van der Waals surface area contributed by atoms with Crippen molar-refractivity contribution in [3.8, 4) is 0 Å². The zero-order valence-corrected chi connectivity index (χ0v) is 15.5. The zero-order valence-electron chi connectivity index (χ0n) is 15.5. The van der Waals surface area contributed by atoms with Crippen LogP contribution >= 0.6 is 0 Å². The molecule has 2 fully saturated rings. The highest BCUT2D eigenvalue weighted by Crippen LogP contribution is 2.46. The molecule has 0 unspecified atom stereocenters. The van der Waals surface area contributed by atoms with Crippen molar-refractivity contribution in [3.63, 3.8) is 0 Å². The number of nitrogens with zero attached hydrogens (tertiary/aromatic N) is 1. The molecule has 1 saturated carbocycles. The fourth-order valence-electron chi connectivity index (χ4n) is 3.10. The minimum Gasteiger partial charge on any atom is -0.465 e. The number of carbonyl (C=O) groups excluding carboxylic acids is 3. The van der Waals surface area contributed by atoms with Gasteiger partial charge >= 0.3 is 5.97 Å². The van der Waals surface area contributed by atoms with E-state index >= 15 is 0 Å². The topological polar surface area (TPSA) is 97.0 Å². The van der Waals surface area contributed by atoms with Crippen LogP contribution in [0.4, 0.5) is 5.69 Å². The Morgan fingerprint density at radius 2 is 1.93 bits per heavy atom. The monoisotopic (exact) mass is 375 g/mol. The molecule has 3 rings (SSSR count). The Bertz CT molecular complexity index is 711. The molecule has 146 valence electrons. The van der Waals surface area contributed by atoms with Gasteiger partial charge in [0, 0.05) is 31.9 Å². The van der Waals surface area contributed by atoms with E-state index in [1.807, 2.05) is 0 Å². The van der Waals surface area contributed by atoms with Crippen molar-refractivity contribution in [3.05, 3.63) is 29.8 Å². The summed E-state index contributed by atoms with van der Waals surface area (Å²) in [5, 5.41) is 5.63. The van der Waals surface area contributed by atoms with E-state index in [-0.39, 0.29) is 11.8 Å². The standard InChI is InChI=1S/C19H25N3O5/c1-26-16(23)14-3-2-4-15(13-14)21-18(25)19(5-6-19)17(24)20-7-8-22-9-11-27-12-10-22/h2-4,13H,5-12H2,1H3,(H,20,24)(H,21,25). The van der Waals surface area contributed by atoms with Gasteiger partial charge in [-0.25, -0.2) is 4.79 Å². The van der Waals surface area contributed by atoms with Crippen LogP contribution in [0.3, 0.4) is 0 Å². The molecular weight excluding hydrogens is 350 g/mol. The number of carbonyl (C=O) groups is 3. The molecule has 1 aromatic rings. The van der Waals surface area contributed by atoms with Crippen molar-refractivity contribution in [2.45, 2.75) is 12.8 Å². The Morgan fingerprint density at radius 3 is 2.59 bits per heavy atom. The van der Waals surface area contributed by atoms with E-state index in [2.05, 4.69) is 20.3 Å². The van der Waals surface area contributed by atoms with Crippen LogP contribution in [0.2, 0.25) is 0 Å². The van der Waals surface area contributed by atoms with Crippen LogP contribution in [-0.2, 0) is 19.1 Å². The molecule has 0 bridgehead atoms. The number of hydrogen-bond acceptors (Lipinski definition) is 6. The number of ether oxygens (including phenoxy) is 2. The molecule has 1 aliphatic carbocycles. The van der Waals surface area contributed by atoms with Gasteiger partial charge in [-0.05, 0) is 31.0 Å². The van der Waals surface area contributed by atoms with Crippen LogP contribution in [0.25, 0.3) is 0 Å².